The van der Waals surface area contributed by atoms with Gasteiger partial charge in [-0.05, 0) is 46.3 Å². The van der Waals surface area contributed by atoms with Gasteiger partial charge < -0.3 is 0 Å². The fraction of sp³-hybridized carbons (Fsp3) is 0.889. The van der Waals surface area contributed by atoms with E-state index in [1.54, 1.807) is 11.1 Å². The first-order valence-electron chi connectivity index (χ1n) is 4.56. The summed E-state index contributed by atoms with van der Waals surface area (Å²) in [4.78, 5) is 1.73. The molecule has 4 heteroatoms. The van der Waals surface area contributed by atoms with Crippen molar-refractivity contribution in [3.8, 4) is 0 Å². The zero-order valence-corrected chi connectivity index (χ0v) is 9.37. The monoisotopic (exact) mass is 183 g/mol. The molecule has 0 aliphatic rings. The van der Waals surface area contributed by atoms with E-state index < -0.39 is 0 Å². The Labute approximate surface area is 79.5 Å². The van der Waals surface area contributed by atoms with Crippen molar-refractivity contribution in [1.29, 1.82) is 0 Å². The zero-order chi connectivity index (χ0) is 10.3. The first-order chi connectivity index (χ1) is 5.71. The minimum Gasteiger partial charge on any atom is -0.134 e. The first kappa shape index (κ1) is 10.2. The van der Waals surface area contributed by atoms with Gasteiger partial charge in [0.15, 0.2) is 0 Å². The van der Waals surface area contributed by atoms with Gasteiger partial charge in [-0.2, -0.15) is 0 Å². The predicted molar refractivity (Wildman–Crippen MR) is 50.2 cm³/mol. The van der Waals surface area contributed by atoms with E-state index in [9.17, 15) is 0 Å². The highest BCUT2D eigenvalue weighted by atomic mass is 15.6. The predicted octanol–water partition coefficient (Wildman–Crippen LogP) is 1.08. The van der Waals surface area contributed by atoms with Crippen LogP contribution in [0.2, 0.25) is 0 Å². The van der Waals surface area contributed by atoms with Gasteiger partial charge in [-0.1, -0.05) is 0 Å². The fourth-order valence-corrected chi connectivity index (χ4v) is 0.850. The van der Waals surface area contributed by atoms with Crippen LogP contribution in [-0.2, 0) is 11.1 Å². The van der Waals surface area contributed by atoms with Crippen molar-refractivity contribution in [2.24, 2.45) is 0 Å². The number of hydrogen-bond donors (Lipinski definition) is 0. The summed E-state index contributed by atoms with van der Waals surface area (Å²) in [7, 11) is 0. The van der Waals surface area contributed by atoms with E-state index in [0.717, 1.165) is 0 Å². The second-order valence-corrected chi connectivity index (χ2v) is 5.30. The van der Waals surface area contributed by atoms with Gasteiger partial charge in [-0.3, -0.25) is 0 Å². The van der Waals surface area contributed by atoms with Crippen LogP contribution in [0.15, 0.2) is 6.33 Å². The highest BCUT2D eigenvalue weighted by Crippen LogP contribution is 2.08. The van der Waals surface area contributed by atoms with Gasteiger partial charge in [0.25, 0.3) is 6.33 Å². The van der Waals surface area contributed by atoms with Gasteiger partial charge in [0.2, 0.25) is 0 Å². The number of rotatable bonds is 0. The van der Waals surface area contributed by atoms with Crippen LogP contribution in [0.5, 0.6) is 0 Å². The molecule has 13 heavy (non-hydrogen) atoms. The molecular weight excluding hydrogens is 164 g/mol. The van der Waals surface area contributed by atoms with Crippen LogP contribution in [-0.4, -0.2) is 15.1 Å². The van der Waals surface area contributed by atoms with E-state index in [1.165, 1.54) is 0 Å². The SMILES string of the molecule is CC(C)(C)n1nc[n+](C(C)(C)C)n1. The van der Waals surface area contributed by atoms with E-state index in [0.29, 0.717) is 0 Å². The molecule has 0 saturated carbocycles. The molecule has 0 aromatic carbocycles. The van der Waals surface area contributed by atoms with Crippen LogP contribution in [0.3, 0.4) is 0 Å². The third-order valence-electron chi connectivity index (χ3n) is 1.74. The molecule has 1 aromatic heterocycles. The third-order valence-corrected chi connectivity index (χ3v) is 1.74. The molecule has 0 unspecified atom stereocenters. The van der Waals surface area contributed by atoms with Crippen LogP contribution in [0.1, 0.15) is 41.5 Å². The molecule has 0 amide bonds. The van der Waals surface area contributed by atoms with Gasteiger partial charge in [0, 0.05) is 0 Å². The lowest BCUT2D eigenvalue weighted by atomic mass is 10.1. The normalized spacial score (nSPS) is 13.4. The van der Waals surface area contributed by atoms with Gasteiger partial charge in [-0.25, -0.2) is 0 Å². The van der Waals surface area contributed by atoms with Crippen molar-refractivity contribution in [2.45, 2.75) is 52.6 Å². The molecular formula is C9H19N4+. The second kappa shape index (κ2) is 2.79. The summed E-state index contributed by atoms with van der Waals surface area (Å²) in [5, 5.41) is 8.60. The molecule has 4 nitrogen and oxygen atoms in total. The topological polar surface area (TPSA) is 34.6 Å². The molecule has 1 aromatic rings. The molecule has 74 valence electrons. The minimum atomic E-state index is -0.0451. The minimum absolute atomic E-state index is 0.00347. The average Bonchev–Trinajstić information content (AvgIpc) is 2.28. The summed E-state index contributed by atoms with van der Waals surface area (Å²) in [5.74, 6) is 0. The Morgan fingerprint density at radius 3 is 1.85 bits per heavy atom. The fourth-order valence-electron chi connectivity index (χ4n) is 0.850. The van der Waals surface area contributed by atoms with Crippen molar-refractivity contribution in [1.82, 2.24) is 15.1 Å². The number of nitrogens with zero attached hydrogens (tertiary/aromatic N) is 4. The van der Waals surface area contributed by atoms with Crippen LogP contribution < -0.4 is 4.68 Å². The van der Waals surface area contributed by atoms with Crippen molar-refractivity contribution >= 4 is 0 Å². The van der Waals surface area contributed by atoms with Crippen molar-refractivity contribution in [2.75, 3.05) is 0 Å². The van der Waals surface area contributed by atoms with Gasteiger partial charge in [0.05, 0.1) is 10.3 Å². The second-order valence-electron chi connectivity index (χ2n) is 5.30. The van der Waals surface area contributed by atoms with Crippen molar-refractivity contribution in [3.05, 3.63) is 6.33 Å². The quantitative estimate of drug-likeness (QED) is 0.564. The molecule has 0 N–H and O–H groups in total. The Morgan fingerprint density at radius 1 is 1.08 bits per heavy atom. The summed E-state index contributed by atoms with van der Waals surface area (Å²) in [5.41, 5.74) is -0.0417. The summed E-state index contributed by atoms with van der Waals surface area (Å²) in [6, 6.07) is 0. The Kier molecular flexibility index (Phi) is 2.18. The zero-order valence-electron chi connectivity index (χ0n) is 9.37. The third kappa shape index (κ3) is 2.26. The molecule has 0 bridgehead atoms. The maximum Gasteiger partial charge on any atom is 0.286 e. The maximum atomic E-state index is 4.38. The summed E-state index contributed by atoms with van der Waals surface area (Å²) >= 11 is 0. The lowest BCUT2D eigenvalue weighted by Gasteiger charge is -2.12. The Balaban J connectivity index is 3.01. The van der Waals surface area contributed by atoms with E-state index >= 15 is 0 Å². The number of tetrazole rings is 1. The Bertz CT molecular complexity index is 259. The summed E-state index contributed by atoms with van der Waals surface area (Å²) < 4.78 is 1.87. The molecule has 0 fully saturated rings. The molecule has 0 atom stereocenters. The van der Waals surface area contributed by atoms with Crippen LogP contribution >= 0.6 is 0 Å². The largest absolute Gasteiger partial charge is 0.286 e. The molecule has 1 rings (SSSR count). The van der Waals surface area contributed by atoms with E-state index in [1.807, 2.05) is 4.68 Å². The first-order valence-corrected chi connectivity index (χ1v) is 4.56. The van der Waals surface area contributed by atoms with Crippen LogP contribution in [0.25, 0.3) is 0 Å². The molecule has 0 spiro atoms. The van der Waals surface area contributed by atoms with Gasteiger partial charge in [-0.15, -0.1) is 4.68 Å². The maximum absolute atomic E-state index is 4.38. The van der Waals surface area contributed by atoms with Crippen molar-refractivity contribution in [3.63, 3.8) is 0 Å². The lowest BCUT2D eigenvalue weighted by Crippen LogP contribution is -2.52. The highest BCUT2D eigenvalue weighted by molar-refractivity contribution is 4.61. The Hall–Kier alpha value is -0.930. The lowest BCUT2D eigenvalue weighted by molar-refractivity contribution is -0.808. The standard InChI is InChI=1S/C9H19N4/c1-8(2,3)12-7-10-13(11-12)9(4,5)6/h7H,1-6H3/q+1. The van der Waals surface area contributed by atoms with Crippen LogP contribution in [0, 0.1) is 0 Å². The molecule has 0 aliphatic heterocycles. The Morgan fingerprint density at radius 2 is 1.62 bits per heavy atom. The summed E-state index contributed by atoms with van der Waals surface area (Å²) in [6.45, 7) is 12.6. The molecule has 1 heterocycles. The van der Waals surface area contributed by atoms with Crippen LogP contribution in [0.4, 0.5) is 0 Å². The van der Waals surface area contributed by atoms with E-state index in [-0.39, 0.29) is 11.1 Å². The van der Waals surface area contributed by atoms with Crippen molar-refractivity contribution < 1.29 is 4.68 Å². The number of hydrogen-bond acceptors (Lipinski definition) is 2. The van der Waals surface area contributed by atoms with E-state index in [4.69, 9.17) is 0 Å². The number of aromatic nitrogens is 4. The van der Waals surface area contributed by atoms with Gasteiger partial charge in [0.1, 0.15) is 11.1 Å². The smallest absolute Gasteiger partial charge is 0.134 e. The van der Waals surface area contributed by atoms with Gasteiger partial charge >= 0.3 is 0 Å². The molecule has 0 saturated heterocycles. The van der Waals surface area contributed by atoms with E-state index in [2.05, 4.69) is 51.9 Å². The average molecular weight is 183 g/mol. The summed E-state index contributed by atoms with van der Waals surface area (Å²) in [6.07, 6.45) is 1.77. The highest BCUT2D eigenvalue weighted by Gasteiger charge is 2.27. The molecule has 0 aliphatic carbocycles. The molecule has 0 radical (unpaired) electrons.